The van der Waals surface area contributed by atoms with E-state index in [1.807, 2.05) is 97.1 Å². The molecule has 0 spiro atoms. The molecule has 0 aliphatic heterocycles. The molecule has 0 bridgehead atoms. The second-order valence-corrected chi connectivity index (χ2v) is 6.60. The summed E-state index contributed by atoms with van der Waals surface area (Å²) in [5, 5.41) is 0. The van der Waals surface area contributed by atoms with Crippen molar-refractivity contribution < 1.29 is 9.59 Å². The van der Waals surface area contributed by atoms with E-state index in [4.69, 9.17) is 0 Å². The lowest BCUT2D eigenvalue weighted by Crippen LogP contribution is -2.14. The highest BCUT2D eigenvalue weighted by molar-refractivity contribution is 6.29. The van der Waals surface area contributed by atoms with Crippen molar-refractivity contribution in [2.45, 2.75) is 13.3 Å². The predicted molar refractivity (Wildman–Crippen MR) is 115 cm³/mol. The predicted octanol–water partition coefficient (Wildman–Crippen LogP) is 5.55. The largest absolute Gasteiger partial charge is 0.294 e. The van der Waals surface area contributed by atoms with Crippen molar-refractivity contribution in [3.05, 3.63) is 119 Å². The molecule has 138 valence electrons. The summed E-state index contributed by atoms with van der Waals surface area (Å²) in [7, 11) is 0. The summed E-state index contributed by atoms with van der Waals surface area (Å²) in [5.74, 6) is -0.468. The molecular formula is C26H22O2. The highest BCUT2D eigenvalue weighted by Crippen LogP contribution is 2.19. The molecule has 0 heterocycles. The monoisotopic (exact) mass is 366 g/mol. The fourth-order valence-corrected chi connectivity index (χ4v) is 2.98. The van der Waals surface area contributed by atoms with Crippen LogP contribution in [-0.2, 0) is 16.0 Å². The Morgan fingerprint density at radius 1 is 0.679 bits per heavy atom. The lowest BCUT2D eigenvalue weighted by Gasteiger charge is -2.10. The SMILES string of the molecule is CC(=O)C(=Cc1ccccc1)C(=O)C(=Cc1ccccc1)Cc1ccccc1. The third-order valence-electron chi connectivity index (χ3n) is 4.40. The topological polar surface area (TPSA) is 34.1 Å². The fourth-order valence-electron chi connectivity index (χ4n) is 2.98. The lowest BCUT2D eigenvalue weighted by molar-refractivity contribution is -0.118. The van der Waals surface area contributed by atoms with Gasteiger partial charge in [-0.1, -0.05) is 91.0 Å². The van der Waals surface area contributed by atoms with Crippen LogP contribution in [0.3, 0.4) is 0 Å². The minimum absolute atomic E-state index is 0.198. The van der Waals surface area contributed by atoms with Crippen molar-refractivity contribution in [1.29, 1.82) is 0 Å². The maximum Gasteiger partial charge on any atom is 0.192 e. The molecule has 2 heteroatoms. The van der Waals surface area contributed by atoms with Crippen LogP contribution < -0.4 is 0 Å². The molecule has 0 aliphatic rings. The number of allylic oxidation sites excluding steroid dienone is 2. The summed E-state index contributed by atoms with van der Waals surface area (Å²) in [6.45, 7) is 1.44. The molecule has 0 fully saturated rings. The number of hydrogen-bond acceptors (Lipinski definition) is 2. The maximum absolute atomic E-state index is 13.3. The Morgan fingerprint density at radius 3 is 1.64 bits per heavy atom. The third-order valence-corrected chi connectivity index (χ3v) is 4.40. The summed E-state index contributed by atoms with van der Waals surface area (Å²) in [6.07, 6.45) is 4.01. The summed E-state index contributed by atoms with van der Waals surface area (Å²) >= 11 is 0. The first-order valence-corrected chi connectivity index (χ1v) is 9.25. The van der Waals surface area contributed by atoms with Gasteiger partial charge in [-0.25, -0.2) is 0 Å². The van der Waals surface area contributed by atoms with Crippen LogP contribution in [0.25, 0.3) is 12.2 Å². The van der Waals surface area contributed by atoms with Gasteiger partial charge in [0.2, 0.25) is 0 Å². The van der Waals surface area contributed by atoms with Gasteiger partial charge in [0.1, 0.15) is 0 Å². The van der Waals surface area contributed by atoms with E-state index in [1.165, 1.54) is 6.92 Å². The van der Waals surface area contributed by atoms with E-state index in [0.29, 0.717) is 12.0 Å². The smallest absolute Gasteiger partial charge is 0.192 e. The normalized spacial score (nSPS) is 11.9. The molecule has 0 radical (unpaired) electrons. The molecule has 28 heavy (non-hydrogen) atoms. The minimum Gasteiger partial charge on any atom is -0.294 e. The van der Waals surface area contributed by atoms with Gasteiger partial charge < -0.3 is 0 Å². The van der Waals surface area contributed by atoms with E-state index >= 15 is 0 Å². The zero-order valence-corrected chi connectivity index (χ0v) is 15.8. The Bertz CT molecular complexity index is 998. The zero-order chi connectivity index (χ0) is 19.8. The van der Waals surface area contributed by atoms with Crippen LogP contribution in [0.5, 0.6) is 0 Å². The number of rotatable bonds is 7. The van der Waals surface area contributed by atoms with Crippen LogP contribution in [0.15, 0.2) is 102 Å². The zero-order valence-electron chi connectivity index (χ0n) is 15.8. The van der Waals surface area contributed by atoms with Gasteiger partial charge in [0.15, 0.2) is 11.6 Å². The van der Waals surface area contributed by atoms with E-state index in [9.17, 15) is 9.59 Å². The van der Waals surface area contributed by atoms with Crippen LogP contribution >= 0.6 is 0 Å². The van der Waals surface area contributed by atoms with E-state index in [1.54, 1.807) is 6.08 Å². The molecule has 3 aromatic rings. The summed E-state index contributed by atoms with van der Waals surface area (Å²) in [5.41, 5.74) is 3.59. The van der Waals surface area contributed by atoms with E-state index in [-0.39, 0.29) is 17.1 Å². The van der Waals surface area contributed by atoms with Crippen LogP contribution in [-0.4, -0.2) is 11.6 Å². The molecule has 0 unspecified atom stereocenters. The number of carbonyl (C=O) groups is 2. The van der Waals surface area contributed by atoms with Crippen molar-refractivity contribution in [3.8, 4) is 0 Å². The Kier molecular flexibility index (Phi) is 6.48. The van der Waals surface area contributed by atoms with Gasteiger partial charge in [-0.15, -0.1) is 0 Å². The number of ketones is 2. The molecule has 2 nitrogen and oxygen atoms in total. The van der Waals surface area contributed by atoms with Gasteiger partial charge in [-0.3, -0.25) is 9.59 Å². The Morgan fingerprint density at radius 2 is 1.14 bits per heavy atom. The molecule has 0 amide bonds. The Hall–Kier alpha value is -3.52. The molecule has 0 saturated heterocycles. The molecule has 3 aromatic carbocycles. The van der Waals surface area contributed by atoms with Crippen molar-refractivity contribution in [3.63, 3.8) is 0 Å². The van der Waals surface area contributed by atoms with Crippen molar-refractivity contribution in [2.24, 2.45) is 0 Å². The first kappa shape index (κ1) is 19.2. The van der Waals surface area contributed by atoms with Crippen molar-refractivity contribution in [2.75, 3.05) is 0 Å². The Labute approximate surface area is 165 Å². The van der Waals surface area contributed by atoms with E-state index in [0.717, 1.165) is 16.7 Å². The molecule has 0 aromatic heterocycles. The summed E-state index contributed by atoms with van der Waals surface area (Å²) < 4.78 is 0. The molecule has 0 atom stereocenters. The van der Waals surface area contributed by atoms with E-state index < -0.39 is 0 Å². The fraction of sp³-hybridized carbons (Fsp3) is 0.0769. The van der Waals surface area contributed by atoms with Crippen LogP contribution in [0, 0.1) is 0 Å². The van der Waals surface area contributed by atoms with Gasteiger partial charge in [0.05, 0.1) is 5.57 Å². The van der Waals surface area contributed by atoms with Gasteiger partial charge >= 0.3 is 0 Å². The molecular weight excluding hydrogens is 344 g/mol. The number of benzene rings is 3. The van der Waals surface area contributed by atoms with Crippen molar-refractivity contribution >= 4 is 23.7 Å². The molecule has 0 N–H and O–H groups in total. The second kappa shape index (κ2) is 9.43. The van der Waals surface area contributed by atoms with Crippen LogP contribution in [0.4, 0.5) is 0 Å². The first-order valence-electron chi connectivity index (χ1n) is 9.25. The number of hydrogen-bond donors (Lipinski definition) is 0. The third kappa shape index (κ3) is 5.24. The van der Waals surface area contributed by atoms with Crippen molar-refractivity contribution in [1.82, 2.24) is 0 Å². The quantitative estimate of drug-likeness (QED) is 0.312. The molecule has 3 rings (SSSR count). The number of carbonyl (C=O) groups excluding carboxylic acids is 2. The minimum atomic E-state index is -0.235. The summed E-state index contributed by atoms with van der Waals surface area (Å²) in [6, 6.07) is 29.0. The van der Waals surface area contributed by atoms with Gasteiger partial charge in [-0.2, -0.15) is 0 Å². The number of Topliss-reactive ketones (excluding diaryl/α,β-unsaturated/α-hetero) is 2. The molecule has 0 aliphatic carbocycles. The standard InChI is InChI=1S/C26H22O2/c1-20(27)25(19-23-15-9-4-10-16-23)26(28)24(17-21-11-5-2-6-12-21)18-22-13-7-3-8-14-22/h2-17,19H,18H2,1H3. The maximum atomic E-state index is 13.3. The van der Waals surface area contributed by atoms with Crippen LogP contribution in [0.2, 0.25) is 0 Å². The molecule has 0 saturated carbocycles. The summed E-state index contributed by atoms with van der Waals surface area (Å²) in [4.78, 5) is 25.6. The van der Waals surface area contributed by atoms with E-state index in [2.05, 4.69) is 0 Å². The van der Waals surface area contributed by atoms with Gasteiger partial charge in [0.25, 0.3) is 0 Å². The first-order chi connectivity index (χ1) is 13.6. The highest BCUT2D eigenvalue weighted by atomic mass is 16.1. The highest BCUT2D eigenvalue weighted by Gasteiger charge is 2.19. The Balaban J connectivity index is 2.02. The van der Waals surface area contributed by atoms with Gasteiger partial charge in [-0.05, 0) is 35.8 Å². The van der Waals surface area contributed by atoms with Crippen LogP contribution in [0.1, 0.15) is 23.6 Å². The average Bonchev–Trinajstić information content (AvgIpc) is 2.73. The second-order valence-electron chi connectivity index (χ2n) is 6.60. The average molecular weight is 366 g/mol. The van der Waals surface area contributed by atoms with Gasteiger partial charge in [0, 0.05) is 12.0 Å². The lowest BCUT2D eigenvalue weighted by atomic mass is 9.92.